The molecule has 0 radical (unpaired) electrons. The molecule has 1 aromatic rings. The first-order chi connectivity index (χ1) is 11.8. The third kappa shape index (κ3) is 4.82. The van der Waals surface area contributed by atoms with E-state index in [4.69, 9.17) is 4.74 Å². The van der Waals surface area contributed by atoms with Crippen molar-refractivity contribution in [2.24, 2.45) is 5.92 Å². The first-order valence-electron chi connectivity index (χ1n) is 9.56. The Labute approximate surface area is 149 Å². The minimum atomic E-state index is -0.789. The van der Waals surface area contributed by atoms with Crippen LogP contribution in [-0.4, -0.2) is 28.7 Å². The van der Waals surface area contributed by atoms with Crippen molar-refractivity contribution in [3.63, 3.8) is 0 Å². The molecule has 3 rings (SSSR count). The highest BCUT2D eigenvalue weighted by molar-refractivity contribution is 7.84. The van der Waals surface area contributed by atoms with Crippen LogP contribution >= 0.6 is 0 Å². The van der Waals surface area contributed by atoms with Gasteiger partial charge in [-0.3, -0.25) is 4.21 Å². The van der Waals surface area contributed by atoms with Crippen LogP contribution in [0.3, 0.4) is 0 Å². The average Bonchev–Trinajstić information content (AvgIpc) is 2.63. The van der Waals surface area contributed by atoms with Gasteiger partial charge < -0.3 is 10.1 Å². The normalized spacial score (nSPS) is 26.9. The van der Waals surface area contributed by atoms with Gasteiger partial charge in [0.05, 0.1) is 0 Å². The Balaban J connectivity index is 1.60. The zero-order valence-electron chi connectivity index (χ0n) is 14.8. The monoisotopic (exact) mass is 349 g/mol. The van der Waals surface area contributed by atoms with E-state index in [-0.39, 0.29) is 0 Å². The van der Waals surface area contributed by atoms with E-state index >= 15 is 0 Å². The molecule has 0 spiro atoms. The number of rotatable bonds is 6. The number of hydrogen-bond donors (Lipinski definition) is 1. The van der Waals surface area contributed by atoms with Crippen LogP contribution in [0.2, 0.25) is 0 Å². The van der Waals surface area contributed by atoms with Crippen molar-refractivity contribution in [1.82, 2.24) is 0 Å². The predicted octanol–water partition coefficient (Wildman–Crippen LogP) is 4.50. The molecule has 1 saturated carbocycles. The molecule has 3 nitrogen and oxygen atoms in total. The number of anilines is 1. The van der Waals surface area contributed by atoms with Crippen LogP contribution in [0, 0.1) is 5.92 Å². The Morgan fingerprint density at radius 2 is 1.96 bits per heavy atom. The molecule has 0 unspecified atom stereocenters. The van der Waals surface area contributed by atoms with Gasteiger partial charge in [-0.2, -0.15) is 0 Å². The Morgan fingerprint density at radius 3 is 2.75 bits per heavy atom. The molecule has 1 heterocycles. The Hall–Kier alpha value is -0.870. The lowest BCUT2D eigenvalue weighted by atomic mass is 9.83. The van der Waals surface area contributed by atoms with Gasteiger partial charge in [0.15, 0.2) is 0 Å². The highest BCUT2D eigenvalue weighted by Crippen LogP contribution is 2.29. The van der Waals surface area contributed by atoms with E-state index in [1.807, 2.05) is 0 Å². The third-order valence-electron chi connectivity index (χ3n) is 5.56. The molecule has 134 valence electrons. The molecule has 1 saturated heterocycles. The van der Waals surface area contributed by atoms with Gasteiger partial charge in [-0.15, -0.1) is 0 Å². The van der Waals surface area contributed by atoms with Gasteiger partial charge in [0.2, 0.25) is 0 Å². The molecule has 24 heavy (non-hydrogen) atoms. The fraction of sp³-hybridized carbons (Fsp3) is 0.700. The lowest BCUT2D eigenvalue weighted by molar-refractivity contribution is 0.0992. The molecule has 0 bridgehead atoms. The number of hydrogen-bond acceptors (Lipinski definition) is 3. The second-order valence-corrected chi connectivity index (χ2v) is 8.96. The SMILES string of the molecule is CC[C@@H]1CCCC[C@@H]1Nc1cccc(C[S@](=O)C2CCOCC2)c1. The van der Waals surface area contributed by atoms with E-state index in [0.29, 0.717) is 17.0 Å². The molecule has 1 aliphatic carbocycles. The van der Waals surface area contributed by atoms with Crippen LogP contribution < -0.4 is 5.32 Å². The third-order valence-corrected chi connectivity index (χ3v) is 7.39. The Morgan fingerprint density at radius 1 is 1.17 bits per heavy atom. The van der Waals surface area contributed by atoms with Gasteiger partial charge in [-0.05, 0) is 49.3 Å². The standard InChI is InChI=1S/C20H31NO2S/c1-2-17-7-3-4-9-20(17)21-18-8-5-6-16(14-18)15-24(22)19-10-12-23-13-11-19/h5-6,8,14,17,19-21H,2-4,7,9-13,15H2,1H3/t17-,20+,24+/m1/s1. The number of ether oxygens (including phenoxy) is 1. The van der Waals surface area contributed by atoms with Crippen molar-refractivity contribution in [3.05, 3.63) is 29.8 Å². The molecule has 3 atom stereocenters. The summed E-state index contributed by atoms with van der Waals surface area (Å²) in [4.78, 5) is 0. The van der Waals surface area contributed by atoms with E-state index in [9.17, 15) is 4.21 Å². The van der Waals surface area contributed by atoms with Crippen molar-refractivity contribution < 1.29 is 8.95 Å². The molecule has 1 N–H and O–H groups in total. The quantitative estimate of drug-likeness (QED) is 0.822. The summed E-state index contributed by atoms with van der Waals surface area (Å²) in [5.74, 6) is 1.46. The molecule has 2 aliphatic rings. The van der Waals surface area contributed by atoms with E-state index in [1.165, 1.54) is 43.4 Å². The molecule has 2 fully saturated rings. The van der Waals surface area contributed by atoms with Crippen LogP contribution in [-0.2, 0) is 21.3 Å². The summed E-state index contributed by atoms with van der Waals surface area (Å²) < 4.78 is 18.0. The van der Waals surface area contributed by atoms with Crippen LogP contribution in [0.25, 0.3) is 0 Å². The average molecular weight is 350 g/mol. The van der Waals surface area contributed by atoms with Gasteiger partial charge in [0, 0.05) is 46.7 Å². The van der Waals surface area contributed by atoms with Crippen molar-refractivity contribution in [2.75, 3.05) is 18.5 Å². The maximum atomic E-state index is 12.6. The summed E-state index contributed by atoms with van der Waals surface area (Å²) in [7, 11) is -0.789. The lowest BCUT2D eigenvalue weighted by Gasteiger charge is -2.32. The predicted molar refractivity (Wildman–Crippen MR) is 102 cm³/mol. The van der Waals surface area contributed by atoms with Crippen molar-refractivity contribution in [2.45, 2.75) is 68.9 Å². The number of benzene rings is 1. The molecule has 0 amide bonds. The van der Waals surface area contributed by atoms with Gasteiger partial charge >= 0.3 is 0 Å². The minimum absolute atomic E-state index is 0.304. The highest BCUT2D eigenvalue weighted by Gasteiger charge is 2.24. The first-order valence-corrected chi connectivity index (χ1v) is 10.9. The molecule has 1 aromatic carbocycles. The smallest absolute Gasteiger partial charge is 0.0489 e. The molecular weight excluding hydrogens is 318 g/mol. The molecule has 0 aromatic heterocycles. The highest BCUT2D eigenvalue weighted by atomic mass is 32.2. The second kappa shape index (κ2) is 9.00. The van der Waals surface area contributed by atoms with Crippen molar-refractivity contribution >= 4 is 16.5 Å². The van der Waals surface area contributed by atoms with Crippen molar-refractivity contribution in [3.8, 4) is 0 Å². The van der Waals surface area contributed by atoms with Crippen LogP contribution in [0.15, 0.2) is 24.3 Å². The zero-order valence-corrected chi connectivity index (χ0v) is 15.7. The van der Waals surface area contributed by atoms with Crippen LogP contribution in [0.5, 0.6) is 0 Å². The van der Waals surface area contributed by atoms with E-state index in [1.54, 1.807) is 0 Å². The lowest BCUT2D eigenvalue weighted by Crippen LogP contribution is -2.31. The largest absolute Gasteiger partial charge is 0.382 e. The second-order valence-electron chi connectivity index (χ2n) is 7.24. The van der Waals surface area contributed by atoms with Gasteiger partial charge in [-0.1, -0.05) is 38.3 Å². The molecule has 1 aliphatic heterocycles. The van der Waals surface area contributed by atoms with E-state index in [0.717, 1.165) is 32.0 Å². The Bertz CT molecular complexity index is 542. The maximum absolute atomic E-state index is 12.6. The fourth-order valence-corrected chi connectivity index (χ4v) is 5.53. The number of nitrogens with one attached hydrogen (secondary N) is 1. The topological polar surface area (TPSA) is 38.3 Å². The van der Waals surface area contributed by atoms with E-state index < -0.39 is 10.8 Å². The minimum Gasteiger partial charge on any atom is -0.382 e. The summed E-state index contributed by atoms with van der Waals surface area (Å²) in [6.45, 7) is 3.83. The zero-order chi connectivity index (χ0) is 16.8. The summed E-state index contributed by atoms with van der Waals surface area (Å²) in [5, 5.41) is 4.06. The first kappa shape index (κ1) is 17.9. The molecular formula is C20H31NO2S. The summed E-state index contributed by atoms with van der Waals surface area (Å²) in [5.41, 5.74) is 2.38. The van der Waals surface area contributed by atoms with Crippen molar-refractivity contribution in [1.29, 1.82) is 0 Å². The van der Waals surface area contributed by atoms with Gasteiger partial charge in [-0.25, -0.2) is 0 Å². The summed E-state index contributed by atoms with van der Waals surface area (Å²) in [6.07, 6.45) is 8.46. The van der Waals surface area contributed by atoms with Gasteiger partial charge in [0.1, 0.15) is 0 Å². The van der Waals surface area contributed by atoms with Crippen LogP contribution in [0.1, 0.15) is 57.4 Å². The van der Waals surface area contributed by atoms with Gasteiger partial charge in [0.25, 0.3) is 0 Å². The summed E-state index contributed by atoms with van der Waals surface area (Å²) >= 11 is 0. The molecule has 4 heteroatoms. The maximum Gasteiger partial charge on any atom is 0.0489 e. The fourth-order valence-electron chi connectivity index (χ4n) is 4.07. The van der Waals surface area contributed by atoms with E-state index in [2.05, 4.69) is 36.5 Å². The summed E-state index contributed by atoms with van der Waals surface area (Å²) in [6, 6.07) is 9.17. The Kier molecular flexibility index (Phi) is 6.73. The van der Waals surface area contributed by atoms with Crippen LogP contribution in [0.4, 0.5) is 5.69 Å².